The molecular formula is C24H28N2O6. The highest BCUT2D eigenvalue weighted by molar-refractivity contribution is 5.79. The lowest BCUT2D eigenvalue weighted by molar-refractivity contribution is -0.189. The van der Waals surface area contributed by atoms with Gasteiger partial charge in [-0.25, -0.2) is 14.7 Å². The normalized spacial score (nSPS) is 13.1. The SMILES string of the molecule is CC(CCCNC(=O)OCC1c2ccccc2-c2ccccc21)C(=O)N(C)OCC(=O)O. The first-order chi connectivity index (χ1) is 15.4. The average Bonchev–Trinajstić information content (AvgIpc) is 3.12. The highest BCUT2D eigenvalue weighted by Crippen LogP contribution is 2.44. The van der Waals surface area contributed by atoms with Gasteiger partial charge in [0.1, 0.15) is 6.61 Å². The molecule has 8 heteroatoms. The standard InChI is InChI=1S/C24H28N2O6/c1-16(23(29)26(2)32-15-22(27)28)8-7-13-25-24(30)31-14-21-19-11-5-3-9-17(19)18-10-4-6-12-20(18)21/h3-6,9-12,16,21H,7-8,13-15H2,1-2H3,(H,25,30)(H,27,28). The van der Waals surface area contributed by atoms with Gasteiger partial charge in [0, 0.05) is 25.4 Å². The number of ether oxygens (including phenoxy) is 1. The first-order valence-corrected chi connectivity index (χ1v) is 10.6. The van der Waals surface area contributed by atoms with Crippen LogP contribution >= 0.6 is 0 Å². The quantitative estimate of drug-likeness (QED) is 0.433. The molecule has 3 rings (SSSR count). The van der Waals surface area contributed by atoms with Crippen molar-refractivity contribution in [2.45, 2.75) is 25.7 Å². The van der Waals surface area contributed by atoms with Crippen molar-refractivity contribution in [2.75, 3.05) is 26.8 Å². The molecule has 2 N–H and O–H groups in total. The number of aliphatic carboxylic acids is 1. The lowest BCUT2D eigenvalue weighted by atomic mass is 9.98. The molecule has 0 radical (unpaired) electrons. The molecule has 0 saturated carbocycles. The van der Waals surface area contributed by atoms with E-state index < -0.39 is 18.7 Å². The predicted octanol–water partition coefficient (Wildman–Crippen LogP) is 3.42. The van der Waals surface area contributed by atoms with Crippen molar-refractivity contribution in [2.24, 2.45) is 5.92 Å². The Balaban J connectivity index is 1.41. The van der Waals surface area contributed by atoms with Crippen LogP contribution in [0.2, 0.25) is 0 Å². The number of carbonyl (C=O) groups is 3. The van der Waals surface area contributed by atoms with E-state index in [1.165, 1.54) is 18.2 Å². The number of hydroxylamine groups is 2. The maximum Gasteiger partial charge on any atom is 0.407 e. The van der Waals surface area contributed by atoms with E-state index in [1.807, 2.05) is 24.3 Å². The molecule has 0 fully saturated rings. The van der Waals surface area contributed by atoms with E-state index in [0.717, 1.165) is 16.2 Å². The van der Waals surface area contributed by atoms with Gasteiger partial charge in [-0.1, -0.05) is 55.5 Å². The molecule has 2 amide bonds. The van der Waals surface area contributed by atoms with Gasteiger partial charge in [0.2, 0.25) is 5.91 Å². The lowest BCUT2D eigenvalue weighted by Crippen LogP contribution is -2.34. The minimum Gasteiger partial charge on any atom is -0.479 e. The number of hydrogen-bond acceptors (Lipinski definition) is 5. The number of nitrogens with zero attached hydrogens (tertiary/aromatic N) is 1. The molecule has 8 nitrogen and oxygen atoms in total. The predicted molar refractivity (Wildman–Crippen MR) is 118 cm³/mol. The molecule has 0 aromatic heterocycles. The molecule has 0 bridgehead atoms. The van der Waals surface area contributed by atoms with Crippen molar-refractivity contribution in [1.29, 1.82) is 0 Å². The Labute approximate surface area is 187 Å². The fourth-order valence-electron chi connectivity index (χ4n) is 3.90. The number of benzene rings is 2. The van der Waals surface area contributed by atoms with Crippen LogP contribution in [0.5, 0.6) is 0 Å². The third-order valence-electron chi connectivity index (χ3n) is 5.54. The molecule has 1 atom stereocenters. The lowest BCUT2D eigenvalue weighted by Gasteiger charge is -2.20. The summed E-state index contributed by atoms with van der Waals surface area (Å²) < 4.78 is 5.49. The number of carbonyl (C=O) groups excluding carboxylic acids is 2. The maximum absolute atomic E-state index is 12.2. The minimum absolute atomic E-state index is 0.00660. The summed E-state index contributed by atoms with van der Waals surface area (Å²) in [6.45, 7) is 1.78. The fraction of sp³-hybridized carbons (Fsp3) is 0.375. The molecule has 2 aromatic rings. The summed E-state index contributed by atoms with van der Waals surface area (Å²) in [7, 11) is 1.39. The summed E-state index contributed by atoms with van der Waals surface area (Å²) in [5.74, 6) is -1.82. The number of hydrogen-bond donors (Lipinski definition) is 2. The van der Waals surface area contributed by atoms with E-state index >= 15 is 0 Å². The van der Waals surface area contributed by atoms with Crippen LogP contribution in [0.25, 0.3) is 11.1 Å². The molecular weight excluding hydrogens is 412 g/mol. The van der Waals surface area contributed by atoms with Crippen molar-refractivity contribution < 1.29 is 29.1 Å². The van der Waals surface area contributed by atoms with Crippen LogP contribution in [0.3, 0.4) is 0 Å². The van der Waals surface area contributed by atoms with E-state index in [1.54, 1.807) is 6.92 Å². The maximum atomic E-state index is 12.2. The molecule has 0 aliphatic heterocycles. The Hall–Kier alpha value is -3.39. The van der Waals surface area contributed by atoms with Crippen molar-refractivity contribution >= 4 is 18.0 Å². The van der Waals surface area contributed by atoms with Crippen LogP contribution in [0.4, 0.5) is 4.79 Å². The molecule has 0 saturated heterocycles. The molecule has 170 valence electrons. The third-order valence-corrected chi connectivity index (χ3v) is 5.54. The first-order valence-electron chi connectivity index (χ1n) is 10.6. The highest BCUT2D eigenvalue weighted by atomic mass is 16.7. The zero-order chi connectivity index (χ0) is 23.1. The average molecular weight is 440 g/mol. The van der Waals surface area contributed by atoms with Gasteiger partial charge in [-0.05, 0) is 35.1 Å². The Morgan fingerprint density at radius 1 is 1.06 bits per heavy atom. The van der Waals surface area contributed by atoms with Gasteiger partial charge in [-0.15, -0.1) is 0 Å². The van der Waals surface area contributed by atoms with Gasteiger partial charge in [0.05, 0.1) is 0 Å². The number of alkyl carbamates (subject to hydrolysis) is 1. The zero-order valence-electron chi connectivity index (χ0n) is 18.2. The molecule has 0 heterocycles. The van der Waals surface area contributed by atoms with Gasteiger partial charge in [0.15, 0.2) is 6.61 Å². The van der Waals surface area contributed by atoms with Crippen LogP contribution < -0.4 is 5.32 Å². The molecule has 0 spiro atoms. The summed E-state index contributed by atoms with van der Waals surface area (Å²) in [4.78, 5) is 39.7. The summed E-state index contributed by atoms with van der Waals surface area (Å²) in [6.07, 6.45) is 0.598. The van der Waals surface area contributed by atoms with Gasteiger partial charge in [-0.2, -0.15) is 0 Å². The van der Waals surface area contributed by atoms with Crippen molar-refractivity contribution in [1.82, 2.24) is 10.4 Å². The zero-order valence-corrected chi connectivity index (χ0v) is 18.2. The van der Waals surface area contributed by atoms with Gasteiger partial charge < -0.3 is 15.2 Å². The molecule has 2 aromatic carbocycles. The van der Waals surface area contributed by atoms with Crippen LogP contribution in [0.15, 0.2) is 48.5 Å². The fourth-order valence-corrected chi connectivity index (χ4v) is 3.90. The van der Waals surface area contributed by atoms with Crippen LogP contribution in [-0.4, -0.2) is 54.9 Å². The summed E-state index contributed by atoms with van der Waals surface area (Å²) in [5.41, 5.74) is 4.66. The Morgan fingerprint density at radius 3 is 2.25 bits per heavy atom. The third kappa shape index (κ3) is 5.64. The number of nitrogens with one attached hydrogen (secondary N) is 1. The van der Waals surface area contributed by atoms with E-state index in [0.29, 0.717) is 19.4 Å². The van der Waals surface area contributed by atoms with Gasteiger partial charge >= 0.3 is 12.1 Å². The van der Waals surface area contributed by atoms with E-state index in [2.05, 4.69) is 29.6 Å². The Morgan fingerprint density at radius 2 is 1.66 bits per heavy atom. The number of fused-ring (bicyclic) bond motifs is 3. The topological polar surface area (TPSA) is 105 Å². The number of carboxylic acids is 1. The van der Waals surface area contributed by atoms with E-state index in [9.17, 15) is 14.4 Å². The second kappa shape index (κ2) is 10.8. The largest absolute Gasteiger partial charge is 0.479 e. The van der Waals surface area contributed by atoms with E-state index in [4.69, 9.17) is 14.7 Å². The second-order valence-electron chi connectivity index (χ2n) is 7.80. The van der Waals surface area contributed by atoms with Gasteiger partial charge in [0.25, 0.3) is 0 Å². The van der Waals surface area contributed by atoms with Crippen molar-refractivity contribution in [3.8, 4) is 11.1 Å². The molecule has 32 heavy (non-hydrogen) atoms. The Bertz CT molecular complexity index is 931. The number of carboxylic acid groups (broad SMARTS) is 1. The van der Waals surface area contributed by atoms with Crippen LogP contribution in [0.1, 0.15) is 36.8 Å². The Kier molecular flexibility index (Phi) is 7.83. The van der Waals surface area contributed by atoms with Crippen molar-refractivity contribution in [3.63, 3.8) is 0 Å². The van der Waals surface area contributed by atoms with Crippen molar-refractivity contribution in [3.05, 3.63) is 59.7 Å². The molecule has 1 aliphatic carbocycles. The van der Waals surface area contributed by atoms with Crippen LogP contribution in [0, 0.1) is 5.92 Å². The summed E-state index contributed by atoms with van der Waals surface area (Å²) in [6, 6.07) is 16.3. The smallest absolute Gasteiger partial charge is 0.407 e. The monoisotopic (exact) mass is 440 g/mol. The molecule has 1 unspecified atom stereocenters. The van der Waals surface area contributed by atoms with E-state index in [-0.39, 0.29) is 24.3 Å². The first kappa shape index (κ1) is 23.3. The molecule has 1 aliphatic rings. The minimum atomic E-state index is -1.15. The highest BCUT2D eigenvalue weighted by Gasteiger charge is 2.29. The number of amides is 2. The summed E-state index contributed by atoms with van der Waals surface area (Å²) in [5, 5.41) is 12.3. The van der Waals surface area contributed by atoms with Crippen LogP contribution in [-0.2, 0) is 19.2 Å². The number of rotatable bonds is 10. The van der Waals surface area contributed by atoms with Gasteiger partial charge in [-0.3, -0.25) is 9.63 Å². The second-order valence-corrected chi connectivity index (χ2v) is 7.80. The summed E-state index contributed by atoms with van der Waals surface area (Å²) >= 11 is 0.